The summed E-state index contributed by atoms with van der Waals surface area (Å²) in [5.74, 6) is 0.131. The molecule has 2 unspecified atom stereocenters. The predicted molar refractivity (Wildman–Crippen MR) is 68.0 cm³/mol. The molecule has 4 nitrogen and oxygen atoms in total. The number of aliphatic carboxylic acids is 1. The van der Waals surface area contributed by atoms with Crippen molar-refractivity contribution in [1.29, 1.82) is 0 Å². The van der Waals surface area contributed by atoms with Gasteiger partial charge in [0.05, 0.1) is 0 Å². The Labute approximate surface area is 108 Å². The fourth-order valence-corrected chi connectivity index (χ4v) is 3.27. The highest BCUT2D eigenvalue weighted by molar-refractivity contribution is 5.87. The highest BCUT2D eigenvalue weighted by Gasteiger charge is 2.55. The maximum absolute atomic E-state index is 12.2. The molecule has 3 atom stereocenters. The summed E-state index contributed by atoms with van der Waals surface area (Å²) in [5, 5.41) is 11.9. The van der Waals surface area contributed by atoms with Gasteiger partial charge in [-0.2, -0.15) is 0 Å². The van der Waals surface area contributed by atoms with Crippen LogP contribution in [-0.2, 0) is 9.59 Å². The molecule has 18 heavy (non-hydrogen) atoms. The van der Waals surface area contributed by atoms with Crippen molar-refractivity contribution in [3.05, 3.63) is 0 Å². The van der Waals surface area contributed by atoms with E-state index >= 15 is 0 Å². The molecule has 1 amide bonds. The molecule has 0 aromatic rings. The average Bonchev–Trinajstić information content (AvgIpc) is 2.97. The molecule has 2 rings (SSSR count). The monoisotopic (exact) mass is 253 g/mol. The molecule has 2 fully saturated rings. The van der Waals surface area contributed by atoms with Gasteiger partial charge in [0.25, 0.3) is 0 Å². The summed E-state index contributed by atoms with van der Waals surface area (Å²) in [4.78, 5) is 23.4. The maximum atomic E-state index is 12.2. The summed E-state index contributed by atoms with van der Waals surface area (Å²) in [6.45, 7) is 5.52. The second kappa shape index (κ2) is 4.56. The number of carboxylic acids is 1. The summed E-state index contributed by atoms with van der Waals surface area (Å²) in [6.07, 6.45) is 4.70. The number of carbonyl (C=O) groups excluding carboxylic acids is 1. The lowest BCUT2D eigenvalue weighted by molar-refractivity contribution is -0.145. The second-order valence-electron chi connectivity index (χ2n) is 6.78. The Bertz CT molecular complexity index is 347. The molecule has 4 heteroatoms. The Balaban J connectivity index is 1.96. The molecule has 0 spiro atoms. The van der Waals surface area contributed by atoms with Crippen LogP contribution in [-0.4, -0.2) is 23.0 Å². The van der Waals surface area contributed by atoms with Gasteiger partial charge >= 0.3 is 5.97 Å². The minimum absolute atomic E-state index is 0.0470. The lowest BCUT2D eigenvalue weighted by atomic mass is 9.86. The number of hydrogen-bond donors (Lipinski definition) is 2. The van der Waals surface area contributed by atoms with Crippen LogP contribution in [0.15, 0.2) is 0 Å². The van der Waals surface area contributed by atoms with Crippen LogP contribution in [0.5, 0.6) is 0 Å². The normalized spacial score (nSPS) is 32.3. The topological polar surface area (TPSA) is 66.4 Å². The lowest BCUT2D eigenvalue weighted by Gasteiger charge is -2.27. The van der Waals surface area contributed by atoms with Crippen LogP contribution in [0.25, 0.3) is 0 Å². The molecule has 0 aliphatic heterocycles. The number of hydrogen-bond acceptors (Lipinski definition) is 2. The Morgan fingerprint density at radius 3 is 2.06 bits per heavy atom. The molecule has 0 bridgehead atoms. The molecule has 0 heterocycles. The van der Waals surface area contributed by atoms with E-state index < -0.39 is 17.4 Å². The third kappa shape index (κ3) is 2.52. The molecule has 2 N–H and O–H groups in total. The van der Waals surface area contributed by atoms with Crippen LogP contribution in [0.3, 0.4) is 0 Å². The van der Waals surface area contributed by atoms with Crippen molar-refractivity contribution in [3.8, 4) is 0 Å². The van der Waals surface area contributed by atoms with Crippen molar-refractivity contribution < 1.29 is 14.7 Å². The highest BCUT2D eigenvalue weighted by Crippen LogP contribution is 2.55. The molecule has 2 aliphatic rings. The molecule has 0 radical (unpaired) electrons. The summed E-state index contributed by atoms with van der Waals surface area (Å²) < 4.78 is 0. The predicted octanol–water partition coefficient (Wildman–Crippen LogP) is 2.04. The maximum Gasteiger partial charge on any atom is 0.326 e. The molecule has 102 valence electrons. The summed E-state index contributed by atoms with van der Waals surface area (Å²) in [5.41, 5.74) is -0.457. The van der Waals surface area contributed by atoms with E-state index in [9.17, 15) is 14.7 Å². The van der Waals surface area contributed by atoms with Gasteiger partial charge in [0.2, 0.25) is 5.91 Å². The number of rotatable bonds is 3. The van der Waals surface area contributed by atoms with Gasteiger partial charge in [-0.3, -0.25) is 4.79 Å². The molecular weight excluding hydrogens is 230 g/mol. The SMILES string of the molecule is CC(C)(C)[C@@H](NC(=O)C1C2CCCCC21)C(=O)O. The van der Waals surface area contributed by atoms with Gasteiger partial charge in [-0.25, -0.2) is 4.79 Å². The second-order valence-corrected chi connectivity index (χ2v) is 6.78. The molecular formula is C14H23NO3. The van der Waals surface area contributed by atoms with Crippen molar-refractivity contribution in [2.45, 2.75) is 52.5 Å². The molecule has 2 saturated carbocycles. The van der Waals surface area contributed by atoms with Gasteiger partial charge in [-0.1, -0.05) is 33.6 Å². The van der Waals surface area contributed by atoms with Crippen molar-refractivity contribution in [2.24, 2.45) is 23.2 Å². The van der Waals surface area contributed by atoms with Gasteiger partial charge in [-0.15, -0.1) is 0 Å². The van der Waals surface area contributed by atoms with Crippen molar-refractivity contribution >= 4 is 11.9 Å². The quantitative estimate of drug-likeness (QED) is 0.809. The number of nitrogens with one attached hydrogen (secondary N) is 1. The summed E-state index contributed by atoms with van der Waals surface area (Å²) in [7, 11) is 0. The Morgan fingerprint density at radius 1 is 1.17 bits per heavy atom. The fourth-order valence-electron chi connectivity index (χ4n) is 3.27. The Morgan fingerprint density at radius 2 is 1.67 bits per heavy atom. The van der Waals surface area contributed by atoms with E-state index in [0.717, 1.165) is 12.8 Å². The van der Waals surface area contributed by atoms with Gasteiger partial charge < -0.3 is 10.4 Å². The third-order valence-corrected chi connectivity index (χ3v) is 4.36. The standard InChI is InChI=1S/C14H23NO3/c1-14(2,3)11(13(17)18)15-12(16)10-8-6-4-5-7-9(8)10/h8-11H,4-7H2,1-3H3,(H,15,16)(H,17,18)/t8?,9?,10?,11-/m0/s1. The first-order chi connectivity index (χ1) is 8.32. The molecule has 0 aromatic heterocycles. The number of amides is 1. The van der Waals surface area contributed by atoms with E-state index in [2.05, 4.69) is 5.32 Å². The first-order valence-electron chi connectivity index (χ1n) is 6.85. The van der Waals surface area contributed by atoms with Crippen molar-refractivity contribution in [2.75, 3.05) is 0 Å². The van der Waals surface area contributed by atoms with Gasteiger partial charge in [-0.05, 0) is 30.1 Å². The third-order valence-electron chi connectivity index (χ3n) is 4.36. The van der Waals surface area contributed by atoms with Gasteiger partial charge in [0, 0.05) is 5.92 Å². The zero-order valence-corrected chi connectivity index (χ0v) is 11.4. The lowest BCUT2D eigenvalue weighted by Crippen LogP contribution is -2.49. The molecule has 2 aliphatic carbocycles. The van der Waals surface area contributed by atoms with E-state index in [-0.39, 0.29) is 11.8 Å². The van der Waals surface area contributed by atoms with Crippen LogP contribution < -0.4 is 5.32 Å². The first-order valence-corrected chi connectivity index (χ1v) is 6.85. The Kier molecular flexibility index (Phi) is 3.39. The largest absolute Gasteiger partial charge is 0.480 e. The minimum atomic E-state index is -0.945. The minimum Gasteiger partial charge on any atom is -0.480 e. The fraction of sp³-hybridized carbons (Fsp3) is 0.857. The van der Waals surface area contributed by atoms with E-state index in [1.807, 2.05) is 20.8 Å². The van der Waals surface area contributed by atoms with E-state index in [4.69, 9.17) is 0 Å². The van der Waals surface area contributed by atoms with E-state index in [0.29, 0.717) is 11.8 Å². The zero-order chi connectivity index (χ0) is 13.5. The van der Waals surface area contributed by atoms with Gasteiger partial charge in [0.1, 0.15) is 6.04 Å². The van der Waals surface area contributed by atoms with Crippen LogP contribution in [0.4, 0.5) is 0 Å². The highest BCUT2D eigenvalue weighted by atomic mass is 16.4. The van der Waals surface area contributed by atoms with E-state index in [1.165, 1.54) is 12.8 Å². The number of fused-ring (bicyclic) bond motifs is 1. The summed E-state index contributed by atoms with van der Waals surface area (Å²) in [6, 6.07) is -0.798. The molecule has 0 saturated heterocycles. The van der Waals surface area contributed by atoms with Crippen LogP contribution >= 0.6 is 0 Å². The Hall–Kier alpha value is -1.06. The summed E-state index contributed by atoms with van der Waals surface area (Å²) >= 11 is 0. The van der Waals surface area contributed by atoms with Crippen molar-refractivity contribution in [1.82, 2.24) is 5.32 Å². The molecule has 0 aromatic carbocycles. The van der Waals surface area contributed by atoms with Crippen LogP contribution in [0.1, 0.15) is 46.5 Å². The van der Waals surface area contributed by atoms with E-state index in [1.54, 1.807) is 0 Å². The van der Waals surface area contributed by atoms with Crippen LogP contribution in [0, 0.1) is 23.2 Å². The van der Waals surface area contributed by atoms with Crippen LogP contribution in [0.2, 0.25) is 0 Å². The zero-order valence-electron chi connectivity index (χ0n) is 11.4. The number of carboxylic acid groups (broad SMARTS) is 1. The number of carbonyl (C=O) groups is 2. The van der Waals surface area contributed by atoms with Gasteiger partial charge in [0.15, 0.2) is 0 Å². The first kappa shape index (κ1) is 13.4. The smallest absolute Gasteiger partial charge is 0.326 e. The average molecular weight is 253 g/mol. The van der Waals surface area contributed by atoms with Crippen molar-refractivity contribution in [3.63, 3.8) is 0 Å².